The maximum absolute atomic E-state index is 12.5. The minimum absolute atomic E-state index is 0.337. The largest absolute Gasteiger partial charge is 0.353 e. The zero-order valence-corrected chi connectivity index (χ0v) is 18.6. The Hall–Kier alpha value is -1.70. The number of nitrogens with one attached hydrogen (secondary N) is 1. The SMILES string of the molecule is Cc1ccc(CSCCNC(=O)[C@@H](C)N(c2ccc(Cl)cc2)S(C)(=O)=O)cc1. The first kappa shape index (κ1) is 22.6. The van der Waals surface area contributed by atoms with Gasteiger partial charge in [0.1, 0.15) is 6.04 Å². The molecule has 0 saturated carbocycles. The quantitative estimate of drug-likeness (QED) is 0.601. The summed E-state index contributed by atoms with van der Waals surface area (Å²) in [5.74, 6) is 1.27. The van der Waals surface area contributed by atoms with Crippen molar-refractivity contribution in [1.29, 1.82) is 0 Å². The Kier molecular flexibility index (Phi) is 8.22. The molecule has 2 aromatic rings. The number of thioether (sulfide) groups is 1. The molecule has 0 heterocycles. The molecule has 152 valence electrons. The fourth-order valence-electron chi connectivity index (χ4n) is 2.67. The number of aryl methyl sites for hydroxylation is 1. The topological polar surface area (TPSA) is 66.5 Å². The fraction of sp³-hybridized carbons (Fsp3) is 0.350. The molecule has 0 aliphatic rings. The maximum atomic E-state index is 12.5. The molecular formula is C20H25ClN2O3S2. The molecule has 2 rings (SSSR count). The van der Waals surface area contributed by atoms with Gasteiger partial charge in [-0.25, -0.2) is 8.42 Å². The minimum atomic E-state index is -3.63. The average molecular weight is 441 g/mol. The summed E-state index contributed by atoms with van der Waals surface area (Å²) in [7, 11) is -3.63. The molecule has 2 aromatic carbocycles. The van der Waals surface area contributed by atoms with Gasteiger partial charge in [-0.1, -0.05) is 41.4 Å². The van der Waals surface area contributed by atoms with Gasteiger partial charge in [-0.05, 0) is 43.7 Å². The molecular weight excluding hydrogens is 416 g/mol. The third-order valence-electron chi connectivity index (χ3n) is 4.10. The van der Waals surface area contributed by atoms with Gasteiger partial charge < -0.3 is 5.32 Å². The molecule has 8 heteroatoms. The van der Waals surface area contributed by atoms with E-state index < -0.39 is 16.1 Å². The van der Waals surface area contributed by atoms with Gasteiger partial charge in [0.2, 0.25) is 15.9 Å². The summed E-state index contributed by atoms with van der Waals surface area (Å²) in [6.45, 7) is 4.10. The number of benzene rings is 2. The van der Waals surface area contributed by atoms with Gasteiger partial charge >= 0.3 is 0 Å². The number of nitrogens with zero attached hydrogens (tertiary/aromatic N) is 1. The number of hydrogen-bond donors (Lipinski definition) is 1. The number of carbonyl (C=O) groups is 1. The van der Waals surface area contributed by atoms with E-state index in [2.05, 4.69) is 36.5 Å². The molecule has 0 aromatic heterocycles. The first-order valence-corrected chi connectivity index (χ1v) is 12.2. The number of carbonyl (C=O) groups excluding carboxylic acids is 1. The Labute approximate surface area is 176 Å². The van der Waals surface area contributed by atoms with Crippen molar-refractivity contribution in [3.05, 3.63) is 64.7 Å². The minimum Gasteiger partial charge on any atom is -0.353 e. The van der Waals surface area contributed by atoms with Crippen LogP contribution in [0.1, 0.15) is 18.1 Å². The van der Waals surface area contributed by atoms with Crippen LogP contribution in [0, 0.1) is 6.92 Å². The van der Waals surface area contributed by atoms with Crippen molar-refractivity contribution in [3.8, 4) is 0 Å². The van der Waals surface area contributed by atoms with Crippen LogP contribution < -0.4 is 9.62 Å². The Morgan fingerprint density at radius 2 is 1.75 bits per heavy atom. The summed E-state index contributed by atoms with van der Waals surface area (Å²) in [6, 6.07) is 13.9. The second-order valence-electron chi connectivity index (χ2n) is 6.54. The lowest BCUT2D eigenvalue weighted by Gasteiger charge is -2.28. The molecule has 0 radical (unpaired) electrons. The summed E-state index contributed by atoms with van der Waals surface area (Å²) in [6.07, 6.45) is 1.09. The van der Waals surface area contributed by atoms with E-state index in [4.69, 9.17) is 11.6 Å². The molecule has 28 heavy (non-hydrogen) atoms. The lowest BCUT2D eigenvalue weighted by Crippen LogP contribution is -2.48. The van der Waals surface area contributed by atoms with Crippen LogP contribution in [-0.2, 0) is 20.6 Å². The first-order valence-electron chi connectivity index (χ1n) is 8.84. The highest BCUT2D eigenvalue weighted by molar-refractivity contribution is 7.98. The zero-order chi connectivity index (χ0) is 20.7. The molecule has 0 unspecified atom stereocenters. The maximum Gasteiger partial charge on any atom is 0.243 e. The summed E-state index contributed by atoms with van der Waals surface area (Å²) in [4.78, 5) is 12.5. The van der Waals surface area contributed by atoms with Gasteiger partial charge in [-0.2, -0.15) is 11.8 Å². The van der Waals surface area contributed by atoms with Gasteiger partial charge in [-0.15, -0.1) is 0 Å². The number of sulfonamides is 1. The van der Waals surface area contributed by atoms with E-state index in [0.717, 1.165) is 22.1 Å². The molecule has 1 atom stereocenters. The van der Waals surface area contributed by atoms with Crippen molar-refractivity contribution in [2.45, 2.75) is 25.6 Å². The summed E-state index contributed by atoms with van der Waals surface area (Å²) < 4.78 is 25.6. The molecule has 0 bridgehead atoms. The van der Waals surface area contributed by atoms with Gasteiger partial charge in [0.25, 0.3) is 0 Å². The number of anilines is 1. The second kappa shape index (κ2) is 10.2. The molecule has 1 N–H and O–H groups in total. The van der Waals surface area contributed by atoms with E-state index in [9.17, 15) is 13.2 Å². The van der Waals surface area contributed by atoms with Crippen LogP contribution in [0.4, 0.5) is 5.69 Å². The molecule has 0 aliphatic carbocycles. The monoisotopic (exact) mass is 440 g/mol. The number of hydrogen-bond acceptors (Lipinski definition) is 4. The summed E-state index contributed by atoms with van der Waals surface area (Å²) in [5, 5.41) is 3.32. The Morgan fingerprint density at radius 3 is 2.32 bits per heavy atom. The van der Waals surface area contributed by atoms with Crippen LogP contribution in [0.15, 0.2) is 48.5 Å². The lowest BCUT2D eigenvalue weighted by atomic mass is 10.2. The Bertz CT molecular complexity index is 885. The first-order chi connectivity index (χ1) is 13.2. The van der Waals surface area contributed by atoms with E-state index in [1.165, 1.54) is 11.1 Å². The molecule has 1 amide bonds. The van der Waals surface area contributed by atoms with E-state index in [1.54, 1.807) is 43.0 Å². The van der Waals surface area contributed by atoms with Crippen LogP contribution in [-0.4, -0.2) is 38.9 Å². The van der Waals surface area contributed by atoms with E-state index in [0.29, 0.717) is 17.3 Å². The van der Waals surface area contributed by atoms with E-state index in [-0.39, 0.29) is 5.91 Å². The van der Waals surface area contributed by atoms with Crippen molar-refractivity contribution in [2.24, 2.45) is 0 Å². The van der Waals surface area contributed by atoms with Crippen molar-refractivity contribution < 1.29 is 13.2 Å². The predicted molar refractivity (Wildman–Crippen MR) is 119 cm³/mol. The lowest BCUT2D eigenvalue weighted by molar-refractivity contribution is -0.121. The third kappa shape index (κ3) is 6.72. The highest BCUT2D eigenvalue weighted by Gasteiger charge is 2.28. The molecule has 5 nitrogen and oxygen atoms in total. The molecule has 0 saturated heterocycles. The van der Waals surface area contributed by atoms with Crippen LogP contribution >= 0.6 is 23.4 Å². The van der Waals surface area contributed by atoms with Crippen molar-refractivity contribution in [3.63, 3.8) is 0 Å². The normalized spacial score (nSPS) is 12.4. The Morgan fingerprint density at radius 1 is 1.14 bits per heavy atom. The third-order valence-corrected chi connectivity index (χ3v) is 6.63. The van der Waals surface area contributed by atoms with Crippen molar-refractivity contribution in [2.75, 3.05) is 22.9 Å². The van der Waals surface area contributed by atoms with E-state index in [1.807, 2.05) is 0 Å². The second-order valence-corrected chi connectivity index (χ2v) is 9.94. The molecule has 0 fully saturated rings. The van der Waals surface area contributed by atoms with Crippen LogP contribution in [0.3, 0.4) is 0 Å². The van der Waals surface area contributed by atoms with Crippen LogP contribution in [0.2, 0.25) is 5.02 Å². The number of halogens is 1. The zero-order valence-electron chi connectivity index (χ0n) is 16.2. The van der Waals surface area contributed by atoms with Gasteiger partial charge in [-0.3, -0.25) is 9.10 Å². The van der Waals surface area contributed by atoms with Crippen molar-refractivity contribution >= 4 is 45.0 Å². The smallest absolute Gasteiger partial charge is 0.243 e. The van der Waals surface area contributed by atoms with E-state index >= 15 is 0 Å². The van der Waals surface area contributed by atoms with Gasteiger partial charge in [0.05, 0.1) is 11.9 Å². The van der Waals surface area contributed by atoms with Crippen molar-refractivity contribution in [1.82, 2.24) is 5.32 Å². The van der Waals surface area contributed by atoms with Gasteiger partial charge in [0, 0.05) is 23.1 Å². The van der Waals surface area contributed by atoms with Crippen LogP contribution in [0.5, 0.6) is 0 Å². The molecule has 0 spiro atoms. The highest BCUT2D eigenvalue weighted by Crippen LogP contribution is 2.23. The Balaban J connectivity index is 1.88. The standard InChI is InChI=1S/C20H25ClN2O3S2/c1-15-4-6-17(7-5-15)14-27-13-12-22-20(24)16(2)23(28(3,25)26)19-10-8-18(21)9-11-19/h4-11,16H,12-14H2,1-3H3,(H,22,24)/t16-/m1/s1. The number of rotatable bonds is 9. The fourth-order valence-corrected chi connectivity index (χ4v) is 4.78. The molecule has 0 aliphatic heterocycles. The summed E-state index contributed by atoms with van der Waals surface area (Å²) in [5.41, 5.74) is 2.87. The predicted octanol–water partition coefficient (Wildman–Crippen LogP) is 3.85. The summed E-state index contributed by atoms with van der Waals surface area (Å²) >= 11 is 7.59. The van der Waals surface area contributed by atoms with Gasteiger partial charge in [0.15, 0.2) is 0 Å². The number of amides is 1. The average Bonchev–Trinajstić information content (AvgIpc) is 2.63. The van der Waals surface area contributed by atoms with Crippen LogP contribution in [0.25, 0.3) is 0 Å². The highest BCUT2D eigenvalue weighted by atomic mass is 35.5.